The second-order valence-electron chi connectivity index (χ2n) is 9.37. The van der Waals surface area contributed by atoms with Crippen LogP contribution in [0.1, 0.15) is 44.1 Å². The van der Waals surface area contributed by atoms with Crippen molar-refractivity contribution < 1.29 is 18.0 Å². The van der Waals surface area contributed by atoms with Crippen molar-refractivity contribution in [2.75, 3.05) is 18.4 Å². The number of hydrogen-bond donors (Lipinski definition) is 8. The number of anilines is 1. The van der Waals surface area contributed by atoms with Gasteiger partial charge in [-0.25, -0.2) is 8.42 Å². The highest BCUT2D eigenvalue weighted by Crippen LogP contribution is 2.38. The van der Waals surface area contributed by atoms with Crippen molar-refractivity contribution in [3.63, 3.8) is 0 Å². The molecule has 1 aromatic rings. The van der Waals surface area contributed by atoms with Crippen LogP contribution in [0, 0.1) is 16.7 Å². The summed E-state index contributed by atoms with van der Waals surface area (Å²) in [5, 5.41) is 24.4. The molecule has 0 saturated heterocycles. The zero-order valence-corrected chi connectivity index (χ0v) is 22.0. The number of amides is 2. The van der Waals surface area contributed by atoms with Gasteiger partial charge in [0, 0.05) is 43.2 Å². The molecule has 2 unspecified atom stereocenters. The fraction of sp³-hybridized carbons (Fsp3) is 0.440. The van der Waals surface area contributed by atoms with Gasteiger partial charge in [0.05, 0.1) is 10.1 Å². The molecule has 206 valence electrons. The highest BCUT2D eigenvalue weighted by Gasteiger charge is 2.40. The van der Waals surface area contributed by atoms with Crippen molar-refractivity contribution in [1.82, 2.24) is 16.0 Å². The van der Waals surface area contributed by atoms with E-state index >= 15 is 0 Å². The van der Waals surface area contributed by atoms with Gasteiger partial charge in [-0.2, -0.15) is 0 Å². The minimum absolute atomic E-state index is 0.110. The molecule has 10 N–H and O–H groups in total. The third kappa shape index (κ3) is 8.07. The number of carbonyl (C=O) groups is 2. The van der Waals surface area contributed by atoms with E-state index in [0.29, 0.717) is 62.1 Å². The molecule has 1 aliphatic heterocycles. The summed E-state index contributed by atoms with van der Waals surface area (Å²) in [7, 11) is -3.75. The van der Waals surface area contributed by atoms with Gasteiger partial charge in [-0.05, 0) is 62.0 Å². The number of hydrogen-bond acceptors (Lipinski definition) is 6. The molecule has 0 fully saturated rings. The number of rotatable bonds is 12. The molecule has 3 rings (SSSR count). The van der Waals surface area contributed by atoms with Crippen LogP contribution in [0.3, 0.4) is 0 Å². The van der Waals surface area contributed by atoms with Crippen LogP contribution in [-0.2, 0) is 25.8 Å². The van der Waals surface area contributed by atoms with E-state index in [4.69, 9.17) is 22.3 Å². The Morgan fingerprint density at radius 3 is 2.13 bits per heavy atom. The van der Waals surface area contributed by atoms with Crippen LogP contribution >= 0.6 is 0 Å². The van der Waals surface area contributed by atoms with Crippen molar-refractivity contribution >= 4 is 39.3 Å². The van der Waals surface area contributed by atoms with E-state index in [0.717, 1.165) is 0 Å². The van der Waals surface area contributed by atoms with Crippen LogP contribution in [0.4, 0.5) is 5.69 Å². The molecule has 1 aromatic carbocycles. The molecule has 38 heavy (non-hydrogen) atoms. The fourth-order valence-corrected chi connectivity index (χ4v) is 6.53. The maximum Gasteiger partial charge on any atom is 0.224 e. The predicted molar refractivity (Wildman–Crippen MR) is 146 cm³/mol. The van der Waals surface area contributed by atoms with Gasteiger partial charge in [-0.1, -0.05) is 12.1 Å². The molecular weight excluding hydrogens is 508 g/mol. The van der Waals surface area contributed by atoms with E-state index in [1.165, 1.54) is 6.07 Å². The van der Waals surface area contributed by atoms with E-state index in [1.807, 2.05) is 6.08 Å². The second kappa shape index (κ2) is 13.1. The molecule has 2 aliphatic rings. The van der Waals surface area contributed by atoms with E-state index in [1.54, 1.807) is 24.3 Å². The molecule has 0 radical (unpaired) electrons. The molecule has 12 nitrogen and oxygen atoms in total. The molecule has 0 saturated carbocycles. The average Bonchev–Trinajstić information content (AvgIpc) is 2.84. The normalized spacial score (nSPS) is 18.8. The van der Waals surface area contributed by atoms with Crippen LogP contribution in [0.5, 0.6) is 0 Å². The summed E-state index contributed by atoms with van der Waals surface area (Å²) >= 11 is 0. The Morgan fingerprint density at radius 2 is 1.53 bits per heavy atom. The zero-order chi connectivity index (χ0) is 27.7. The molecule has 0 spiro atoms. The number of nitrogens with two attached hydrogens (primary N) is 2. The maximum atomic E-state index is 13.5. The first-order valence-corrected chi connectivity index (χ1v) is 14.1. The highest BCUT2D eigenvalue weighted by atomic mass is 32.2. The van der Waals surface area contributed by atoms with Gasteiger partial charge in [0.2, 0.25) is 11.8 Å². The maximum absolute atomic E-state index is 13.5. The van der Waals surface area contributed by atoms with Gasteiger partial charge >= 0.3 is 0 Å². The first-order chi connectivity index (χ1) is 18.1. The lowest BCUT2D eigenvalue weighted by Crippen LogP contribution is -2.37. The van der Waals surface area contributed by atoms with E-state index < -0.39 is 15.1 Å². The SMILES string of the molecule is N=C(N)NCCCCC(=O)NC1=CC2C(C=C1)Cc1ccc(NC(=O)CCCCNC(=N)N)cc1S2(=O)=O. The van der Waals surface area contributed by atoms with Gasteiger partial charge in [-0.3, -0.25) is 20.4 Å². The molecule has 0 bridgehead atoms. The number of carbonyl (C=O) groups excluding carboxylic acids is 2. The number of benzene rings is 1. The fourth-order valence-electron chi connectivity index (χ4n) is 4.46. The summed E-state index contributed by atoms with van der Waals surface area (Å²) in [4.78, 5) is 24.9. The Bertz CT molecular complexity index is 1240. The minimum Gasteiger partial charge on any atom is -0.370 e. The lowest BCUT2D eigenvalue weighted by atomic mass is 9.91. The molecular formula is C25H36N8O4S. The van der Waals surface area contributed by atoms with E-state index in [9.17, 15) is 18.0 Å². The Labute approximate surface area is 222 Å². The Hall–Kier alpha value is -3.87. The summed E-state index contributed by atoms with van der Waals surface area (Å²) in [5.41, 5.74) is 12.0. The average molecular weight is 545 g/mol. The zero-order valence-electron chi connectivity index (χ0n) is 21.2. The Balaban J connectivity index is 1.59. The lowest BCUT2D eigenvalue weighted by Gasteiger charge is -2.32. The summed E-state index contributed by atoms with van der Waals surface area (Å²) in [6.45, 7) is 1.01. The van der Waals surface area contributed by atoms with Crippen molar-refractivity contribution in [1.29, 1.82) is 10.8 Å². The number of sulfone groups is 1. The van der Waals surface area contributed by atoms with Crippen LogP contribution in [0.25, 0.3) is 0 Å². The van der Waals surface area contributed by atoms with Crippen LogP contribution in [-0.4, -0.2) is 50.5 Å². The molecule has 1 heterocycles. The summed E-state index contributed by atoms with van der Waals surface area (Å²) in [6.07, 6.45) is 8.78. The second-order valence-corrected chi connectivity index (χ2v) is 11.4. The van der Waals surface area contributed by atoms with Crippen molar-refractivity contribution in [2.24, 2.45) is 17.4 Å². The van der Waals surface area contributed by atoms with Crippen LogP contribution in [0.15, 0.2) is 47.0 Å². The number of fused-ring (bicyclic) bond motifs is 2. The minimum atomic E-state index is -3.75. The van der Waals surface area contributed by atoms with E-state index in [-0.39, 0.29) is 47.4 Å². The third-order valence-electron chi connectivity index (χ3n) is 6.34. The van der Waals surface area contributed by atoms with Gasteiger partial charge in [-0.15, -0.1) is 0 Å². The van der Waals surface area contributed by atoms with Gasteiger partial charge < -0.3 is 32.7 Å². The number of nitrogens with one attached hydrogen (secondary N) is 6. The quantitative estimate of drug-likeness (QED) is 0.107. The topological polar surface area (TPSA) is 216 Å². The third-order valence-corrected chi connectivity index (χ3v) is 8.53. The summed E-state index contributed by atoms with van der Waals surface area (Å²) in [5.74, 6) is -0.893. The van der Waals surface area contributed by atoms with Gasteiger partial charge in [0.15, 0.2) is 21.8 Å². The van der Waals surface area contributed by atoms with E-state index in [2.05, 4.69) is 21.3 Å². The predicted octanol–water partition coefficient (Wildman–Crippen LogP) is 0.816. The summed E-state index contributed by atoms with van der Waals surface area (Å²) in [6, 6.07) is 4.96. The number of unbranched alkanes of at least 4 members (excludes halogenated alkanes) is 2. The van der Waals surface area contributed by atoms with Gasteiger partial charge in [0.25, 0.3) is 0 Å². The molecule has 2 atom stereocenters. The first kappa shape index (κ1) is 28.7. The Kier molecular flexibility index (Phi) is 9.88. The molecule has 13 heteroatoms. The summed E-state index contributed by atoms with van der Waals surface area (Å²) < 4.78 is 27.1. The number of guanidine groups is 2. The molecule has 0 aromatic heterocycles. The first-order valence-electron chi connectivity index (χ1n) is 12.6. The van der Waals surface area contributed by atoms with Crippen molar-refractivity contribution in [3.05, 3.63) is 47.7 Å². The number of allylic oxidation sites excluding steroid dienone is 2. The lowest BCUT2D eigenvalue weighted by molar-refractivity contribution is -0.120. The smallest absolute Gasteiger partial charge is 0.224 e. The van der Waals surface area contributed by atoms with Crippen LogP contribution < -0.4 is 32.7 Å². The standard InChI is InChI=1S/C25H36N8O4S/c26-24(27)30-11-3-1-5-22(34)32-18-9-7-16-13-17-8-10-19(15-21(17)38(36,37)20(16)14-18)33-23(35)6-2-4-12-31-25(28)29/h7-10,14-16,20H,1-6,11-13H2,(H,32,34)(H,33,35)(H4,26,27,30)(H4,28,29,31). The molecule has 1 aliphatic carbocycles. The monoisotopic (exact) mass is 544 g/mol. The van der Waals surface area contributed by atoms with Gasteiger partial charge in [0.1, 0.15) is 0 Å². The van der Waals surface area contributed by atoms with Crippen LogP contribution in [0.2, 0.25) is 0 Å². The molecule has 2 amide bonds. The highest BCUT2D eigenvalue weighted by molar-refractivity contribution is 7.92. The largest absolute Gasteiger partial charge is 0.370 e. The Morgan fingerprint density at radius 1 is 0.921 bits per heavy atom. The van der Waals surface area contributed by atoms with Crippen molar-refractivity contribution in [2.45, 2.75) is 55.1 Å². The van der Waals surface area contributed by atoms with Crippen molar-refractivity contribution in [3.8, 4) is 0 Å².